The summed E-state index contributed by atoms with van der Waals surface area (Å²) in [6, 6.07) is 10.7. The average molecular weight is 613 g/mol. The van der Waals surface area contributed by atoms with E-state index in [0.29, 0.717) is 0 Å². The van der Waals surface area contributed by atoms with Gasteiger partial charge in [-0.1, -0.05) is 110 Å². The maximum Gasteiger partial charge on any atom is 0.111 e. The van der Waals surface area contributed by atoms with Crippen LogP contribution in [0.4, 0.5) is 5.69 Å². The van der Waals surface area contributed by atoms with Crippen molar-refractivity contribution in [2.24, 2.45) is 10.7 Å². The van der Waals surface area contributed by atoms with Crippen molar-refractivity contribution in [3.8, 4) is 0 Å². The van der Waals surface area contributed by atoms with Crippen molar-refractivity contribution in [3.63, 3.8) is 0 Å². The molecule has 2 atom stereocenters. The maximum absolute atomic E-state index is 6.39. The molecule has 240 valence electrons. The summed E-state index contributed by atoms with van der Waals surface area (Å²) >= 11 is 0. The van der Waals surface area contributed by atoms with Crippen molar-refractivity contribution in [1.29, 1.82) is 0 Å². The number of para-hydroxylation sites is 1. The molecule has 0 amide bonds. The van der Waals surface area contributed by atoms with Crippen LogP contribution < -0.4 is 16.4 Å². The van der Waals surface area contributed by atoms with Crippen molar-refractivity contribution in [2.75, 3.05) is 5.32 Å². The second kappa shape index (κ2) is 16.8. The van der Waals surface area contributed by atoms with E-state index in [0.717, 1.165) is 91.9 Å². The van der Waals surface area contributed by atoms with E-state index in [4.69, 9.17) is 10.7 Å². The first kappa shape index (κ1) is 33.1. The minimum atomic E-state index is 0.0978. The Morgan fingerprint density at radius 1 is 1.13 bits per heavy atom. The van der Waals surface area contributed by atoms with E-state index in [1.807, 2.05) is 6.07 Å². The van der Waals surface area contributed by atoms with Crippen LogP contribution in [-0.4, -0.2) is 17.8 Å². The second-order valence-corrected chi connectivity index (χ2v) is 12.9. The Morgan fingerprint density at radius 3 is 2.78 bits per heavy atom. The predicted octanol–water partition coefficient (Wildman–Crippen LogP) is 10.2. The molecule has 46 heavy (non-hydrogen) atoms. The third-order valence-electron chi connectivity index (χ3n) is 9.19. The van der Waals surface area contributed by atoms with Crippen molar-refractivity contribution >= 4 is 11.4 Å². The van der Waals surface area contributed by atoms with Gasteiger partial charge in [-0.2, -0.15) is 0 Å². The molecule has 4 aliphatic rings. The molecule has 0 radical (unpaired) electrons. The minimum absolute atomic E-state index is 0.0978. The number of hydrogen-bond donors (Lipinski definition) is 3. The number of rotatable bonds is 13. The summed E-state index contributed by atoms with van der Waals surface area (Å²) in [7, 11) is 0. The van der Waals surface area contributed by atoms with Crippen molar-refractivity contribution in [1.82, 2.24) is 5.32 Å². The van der Waals surface area contributed by atoms with Gasteiger partial charge in [0.2, 0.25) is 0 Å². The Balaban J connectivity index is 1.23. The van der Waals surface area contributed by atoms with Gasteiger partial charge in [-0.25, -0.2) is 0 Å². The van der Waals surface area contributed by atoms with E-state index < -0.39 is 0 Å². The molecule has 2 unspecified atom stereocenters. The Hall–Kier alpha value is -4.31. The van der Waals surface area contributed by atoms with Crippen LogP contribution in [0.5, 0.6) is 0 Å². The Bertz CT molecular complexity index is 1550. The Morgan fingerprint density at radius 2 is 2.00 bits per heavy atom. The summed E-state index contributed by atoms with van der Waals surface area (Å²) < 4.78 is 0. The van der Waals surface area contributed by atoms with Crippen LogP contribution in [0.15, 0.2) is 154 Å². The zero-order valence-corrected chi connectivity index (χ0v) is 27.9. The Kier molecular flexibility index (Phi) is 12.1. The van der Waals surface area contributed by atoms with E-state index in [1.165, 1.54) is 29.6 Å². The normalized spacial score (nSPS) is 22.7. The molecule has 5 rings (SSSR count). The summed E-state index contributed by atoms with van der Waals surface area (Å²) in [5.74, 6) is 1.01. The highest BCUT2D eigenvalue weighted by atomic mass is 15.1. The van der Waals surface area contributed by atoms with Crippen molar-refractivity contribution in [2.45, 2.75) is 96.6 Å². The smallest absolute Gasteiger partial charge is 0.111 e. The van der Waals surface area contributed by atoms with Gasteiger partial charge in [0, 0.05) is 22.7 Å². The SMILES string of the molecule is C=C(/C=C\C1=C(Nc2ccccc2)NC(C2=CCCC(C3CCC(=CC=C(N)CCCC4=CC=CCC4)C(C)=N3)=C2)C=C1)CCC. The van der Waals surface area contributed by atoms with E-state index in [2.05, 4.69) is 122 Å². The summed E-state index contributed by atoms with van der Waals surface area (Å²) in [5, 5.41) is 7.42. The molecule has 4 nitrogen and oxygen atoms in total. The molecule has 0 saturated carbocycles. The van der Waals surface area contributed by atoms with Crippen molar-refractivity contribution in [3.05, 3.63) is 149 Å². The van der Waals surface area contributed by atoms with Crippen molar-refractivity contribution < 1.29 is 0 Å². The monoisotopic (exact) mass is 612 g/mol. The molecule has 2 aliphatic carbocycles. The van der Waals surface area contributed by atoms with Gasteiger partial charge in [-0.3, -0.25) is 4.99 Å². The molecule has 0 spiro atoms. The summed E-state index contributed by atoms with van der Waals surface area (Å²) in [4.78, 5) is 5.20. The summed E-state index contributed by atoms with van der Waals surface area (Å²) in [6.45, 7) is 8.56. The molecule has 2 aliphatic heterocycles. The highest BCUT2D eigenvalue weighted by molar-refractivity contribution is 5.99. The lowest BCUT2D eigenvalue weighted by Crippen LogP contribution is -2.35. The number of dihydropyridines is 1. The van der Waals surface area contributed by atoms with Crippen LogP contribution in [-0.2, 0) is 0 Å². The highest BCUT2D eigenvalue weighted by Gasteiger charge is 2.24. The van der Waals surface area contributed by atoms with Crippen LogP contribution in [0.2, 0.25) is 0 Å². The van der Waals surface area contributed by atoms with Gasteiger partial charge in [-0.05, 0) is 106 Å². The van der Waals surface area contributed by atoms with E-state index >= 15 is 0 Å². The van der Waals surface area contributed by atoms with Gasteiger partial charge in [0.05, 0.1) is 12.1 Å². The first-order valence-corrected chi connectivity index (χ1v) is 17.3. The lowest BCUT2D eigenvalue weighted by atomic mass is 9.86. The molecule has 4 heteroatoms. The summed E-state index contributed by atoms with van der Waals surface area (Å²) in [6.07, 6.45) is 36.5. The lowest BCUT2D eigenvalue weighted by Gasteiger charge is -2.30. The molecular formula is C42H52N4. The maximum atomic E-state index is 6.39. The fraction of sp³-hybridized carbons (Fsp3) is 0.357. The van der Waals surface area contributed by atoms with E-state index in [9.17, 15) is 0 Å². The molecule has 0 bridgehead atoms. The fourth-order valence-corrected chi connectivity index (χ4v) is 6.52. The number of nitrogens with one attached hydrogen (secondary N) is 2. The molecule has 0 aromatic heterocycles. The van der Waals surface area contributed by atoms with Crippen LogP contribution in [0, 0.1) is 0 Å². The number of hydrogen-bond acceptors (Lipinski definition) is 4. The molecular weight excluding hydrogens is 560 g/mol. The first-order chi connectivity index (χ1) is 22.5. The number of aliphatic imine (C=N–C) groups is 1. The summed E-state index contributed by atoms with van der Waals surface area (Å²) in [5.41, 5.74) is 17.4. The minimum Gasteiger partial charge on any atom is -0.402 e. The van der Waals surface area contributed by atoms with Crippen LogP contribution in [0.1, 0.15) is 84.5 Å². The van der Waals surface area contributed by atoms with Gasteiger partial charge in [0.15, 0.2) is 0 Å². The average Bonchev–Trinajstić information content (AvgIpc) is 3.08. The van der Waals surface area contributed by atoms with Crippen LogP contribution in [0.3, 0.4) is 0 Å². The predicted molar refractivity (Wildman–Crippen MR) is 199 cm³/mol. The number of benzene rings is 1. The standard InChI is InChI=1S/C42H52N4/c1-4-13-31(2)22-23-35-26-29-41(46-42(35)45-39-20-9-6-10-21-39)37-18-12-17-36(30-37)40-28-25-34(32(3)44-40)24-27-38(43)19-11-16-33-14-7-5-8-15-33/h5-7,9-10,14,18,20-24,26-27,29-30,40-41,45-46H,2,4,8,11-13,15-17,19,25,28,43H2,1,3H3/b23-22-,34-24?,38-27?. The quantitative estimate of drug-likeness (QED) is 0.194. The zero-order valence-electron chi connectivity index (χ0n) is 27.9. The number of nitrogens with zero attached hydrogens (tertiary/aromatic N) is 1. The van der Waals surface area contributed by atoms with E-state index in [-0.39, 0.29) is 12.1 Å². The molecule has 0 saturated heterocycles. The molecule has 4 N–H and O–H groups in total. The van der Waals surface area contributed by atoms with Gasteiger partial charge < -0.3 is 16.4 Å². The third kappa shape index (κ3) is 9.59. The number of allylic oxidation sites excluding steroid dienone is 14. The lowest BCUT2D eigenvalue weighted by molar-refractivity contribution is 0.638. The van der Waals surface area contributed by atoms with Crippen LogP contribution in [0.25, 0.3) is 0 Å². The fourth-order valence-electron chi connectivity index (χ4n) is 6.52. The number of nitrogens with two attached hydrogens (primary N) is 1. The largest absolute Gasteiger partial charge is 0.402 e. The van der Waals surface area contributed by atoms with Gasteiger partial charge in [0.25, 0.3) is 0 Å². The molecule has 1 aromatic carbocycles. The zero-order chi connectivity index (χ0) is 32.1. The van der Waals surface area contributed by atoms with E-state index in [1.54, 1.807) is 5.57 Å². The molecule has 1 aromatic rings. The first-order valence-electron chi connectivity index (χ1n) is 17.3. The van der Waals surface area contributed by atoms with Gasteiger partial charge >= 0.3 is 0 Å². The number of anilines is 1. The van der Waals surface area contributed by atoms with Gasteiger partial charge in [0.1, 0.15) is 5.82 Å². The highest BCUT2D eigenvalue weighted by Crippen LogP contribution is 2.32. The topological polar surface area (TPSA) is 62.4 Å². The van der Waals surface area contributed by atoms with Gasteiger partial charge in [-0.15, -0.1) is 0 Å². The van der Waals surface area contributed by atoms with Crippen LogP contribution >= 0.6 is 0 Å². The third-order valence-corrected chi connectivity index (χ3v) is 9.19. The molecule has 2 heterocycles. The molecule has 0 fully saturated rings. The second-order valence-electron chi connectivity index (χ2n) is 12.9. The Labute approximate surface area is 277 Å².